The van der Waals surface area contributed by atoms with Crippen molar-refractivity contribution in [2.75, 3.05) is 24.2 Å². The zero-order valence-electron chi connectivity index (χ0n) is 22.4. The molecule has 242 valence electrons. The van der Waals surface area contributed by atoms with Crippen LogP contribution in [0.3, 0.4) is 0 Å². The van der Waals surface area contributed by atoms with E-state index in [0.29, 0.717) is 0 Å². The van der Waals surface area contributed by atoms with E-state index in [4.69, 9.17) is 39.5 Å². The van der Waals surface area contributed by atoms with Crippen LogP contribution in [-0.2, 0) is 37.1 Å². The molecule has 25 heteroatoms. The summed E-state index contributed by atoms with van der Waals surface area (Å²) in [5.74, 6) is -0.323. The van der Waals surface area contributed by atoms with Crippen LogP contribution in [0.2, 0.25) is 0 Å². The predicted molar refractivity (Wildman–Crippen MR) is 143 cm³/mol. The lowest BCUT2D eigenvalue weighted by atomic mass is 10.2. The first-order valence-corrected chi connectivity index (χ1v) is 16.4. The van der Waals surface area contributed by atoms with E-state index < -0.39 is 82.9 Å². The molecule has 4 aromatic rings. The van der Waals surface area contributed by atoms with Gasteiger partial charge in [-0.2, -0.15) is 9.67 Å². The SMILES string of the molecule is Nc1nc2c(nnn2[C@@H]2O[C@@H]3OCP(=O)(O)O[C@@H]4C(O)[C@H](n5cnc6c(N)ccnc65)O[C@@H]4OCP(=O)(O)OC2[C@H]3O)c(=O)[nH]1. The van der Waals surface area contributed by atoms with Crippen LogP contribution in [0.25, 0.3) is 22.3 Å². The fourth-order valence-corrected chi connectivity index (χ4v) is 7.11. The quantitative estimate of drug-likeness (QED) is 0.109. The number of aromatic nitrogens is 8. The van der Waals surface area contributed by atoms with Gasteiger partial charge in [-0.15, -0.1) is 5.10 Å². The summed E-state index contributed by atoms with van der Waals surface area (Å²) in [7, 11) is -9.69. The Kier molecular flexibility index (Phi) is 7.27. The molecule has 45 heavy (non-hydrogen) atoms. The molecule has 4 unspecified atom stereocenters. The minimum absolute atomic E-state index is 0.187. The summed E-state index contributed by atoms with van der Waals surface area (Å²) >= 11 is 0. The number of anilines is 2. The molecule has 23 nitrogen and oxygen atoms in total. The number of pyridine rings is 1. The number of aromatic amines is 1. The molecule has 2 bridgehead atoms. The molecule has 0 saturated carbocycles. The lowest BCUT2D eigenvalue weighted by Crippen LogP contribution is -2.35. The molecule has 3 fully saturated rings. The van der Waals surface area contributed by atoms with Crippen LogP contribution in [0.4, 0.5) is 11.6 Å². The van der Waals surface area contributed by atoms with Crippen molar-refractivity contribution in [1.82, 2.24) is 39.5 Å². The van der Waals surface area contributed by atoms with Crippen LogP contribution in [0, 0.1) is 0 Å². The first-order valence-electron chi connectivity index (χ1n) is 12.9. The largest absolute Gasteiger partial charge is 0.397 e. The lowest BCUT2D eigenvalue weighted by molar-refractivity contribution is -0.175. The van der Waals surface area contributed by atoms with Gasteiger partial charge in [0.25, 0.3) is 5.56 Å². The first kappa shape index (κ1) is 30.2. The molecule has 3 aliphatic rings. The summed E-state index contributed by atoms with van der Waals surface area (Å²) < 4.78 is 61.4. The third-order valence-electron chi connectivity index (χ3n) is 7.08. The Morgan fingerprint density at radius 1 is 0.911 bits per heavy atom. The Hall–Kier alpha value is -3.44. The van der Waals surface area contributed by atoms with Gasteiger partial charge in [0.15, 0.2) is 54.5 Å². The van der Waals surface area contributed by atoms with Crippen molar-refractivity contribution in [3.8, 4) is 0 Å². The number of nitrogen functional groups attached to an aromatic ring is 2. The topological polar surface area (TPSA) is 330 Å². The Labute approximate surface area is 248 Å². The maximum atomic E-state index is 13.3. The van der Waals surface area contributed by atoms with Crippen LogP contribution in [0.15, 0.2) is 23.4 Å². The Morgan fingerprint density at radius 3 is 2.36 bits per heavy atom. The minimum Gasteiger partial charge on any atom is -0.397 e. The Morgan fingerprint density at radius 2 is 1.60 bits per heavy atom. The summed E-state index contributed by atoms with van der Waals surface area (Å²) in [6, 6.07) is 1.50. The zero-order valence-corrected chi connectivity index (χ0v) is 24.2. The van der Waals surface area contributed by atoms with Gasteiger partial charge in [-0.05, 0) is 6.07 Å². The Bertz CT molecular complexity index is 1940. The highest BCUT2D eigenvalue weighted by molar-refractivity contribution is 7.52. The van der Waals surface area contributed by atoms with E-state index in [9.17, 15) is 33.9 Å². The van der Waals surface area contributed by atoms with Gasteiger partial charge in [-0.1, -0.05) is 5.21 Å². The number of nitrogens with one attached hydrogen (secondary N) is 1. The van der Waals surface area contributed by atoms with E-state index in [2.05, 4.69) is 30.2 Å². The number of fused-ring (bicyclic) bond motifs is 5. The second kappa shape index (κ2) is 10.8. The van der Waals surface area contributed by atoms with Crippen molar-refractivity contribution in [2.24, 2.45) is 0 Å². The summed E-state index contributed by atoms with van der Waals surface area (Å²) in [5, 5.41) is 29.5. The number of ether oxygens (including phenoxy) is 4. The number of hydrogen-bond acceptors (Lipinski definition) is 18. The number of nitrogens with two attached hydrogens (primary N) is 2. The van der Waals surface area contributed by atoms with Crippen LogP contribution in [0.5, 0.6) is 0 Å². The highest BCUT2D eigenvalue weighted by Crippen LogP contribution is 2.53. The van der Waals surface area contributed by atoms with E-state index in [1.165, 1.54) is 23.2 Å². The Balaban J connectivity index is 1.21. The summed E-state index contributed by atoms with van der Waals surface area (Å²) in [6.07, 6.45) is -13.2. The molecule has 9 N–H and O–H groups in total. The van der Waals surface area contributed by atoms with E-state index in [0.717, 1.165) is 4.68 Å². The molecular weight excluding hydrogens is 650 g/mol. The highest BCUT2D eigenvalue weighted by Gasteiger charge is 2.54. The zero-order chi connectivity index (χ0) is 31.8. The molecule has 4 aromatic heterocycles. The number of hydrogen-bond donors (Lipinski definition) is 7. The van der Waals surface area contributed by atoms with E-state index >= 15 is 0 Å². The molecule has 3 aliphatic heterocycles. The van der Waals surface area contributed by atoms with Gasteiger partial charge < -0.3 is 50.4 Å². The van der Waals surface area contributed by atoms with Crippen molar-refractivity contribution in [3.05, 3.63) is 28.9 Å². The number of nitrogens with zero attached hydrogens (tertiary/aromatic N) is 7. The average molecular weight is 674 g/mol. The molecule has 3 saturated heterocycles. The van der Waals surface area contributed by atoms with Gasteiger partial charge in [0.05, 0.1) is 12.0 Å². The molecule has 0 aliphatic carbocycles. The summed E-state index contributed by atoms with van der Waals surface area (Å²) in [5.41, 5.74) is 11.0. The van der Waals surface area contributed by atoms with Crippen molar-refractivity contribution >= 4 is 49.2 Å². The molecule has 0 spiro atoms. The van der Waals surface area contributed by atoms with E-state index in [-0.39, 0.29) is 34.0 Å². The van der Waals surface area contributed by atoms with Gasteiger partial charge in [0.2, 0.25) is 5.95 Å². The van der Waals surface area contributed by atoms with Gasteiger partial charge in [0.1, 0.15) is 29.9 Å². The minimum atomic E-state index is -4.87. The third kappa shape index (κ3) is 5.31. The van der Waals surface area contributed by atoms with Crippen molar-refractivity contribution in [3.63, 3.8) is 0 Å². The average Bonchev–Trinajstić information content (AvgIpc) is 3.72. The fraction of sp³-hybridized carbons (Fsp3) is 0.500. The lowest BCUT2D eigenvalue weighted by Gasteiger charge is -2.25. The van der Waals surface area contributed by atoms with Gasteiger partial charge in [-0.3, -0.25) is 32.5 Å². The van der Waals surface area contributed by atoms with Crippen LogP contribution < -0.4 is 17.0 Å². The summed E-state index contributed by atoms with van der Waals surface area (Å²) in [4.78, 5) is 48.2. The number of rotatable bonds is 2. The fourth-order valence-electron chi connectivity index (χ4n) is 5.11. The van der Waals surface area contributed by atoms with Crippen LogP contribution in [-0.4, -0.2) is 109 Å². The maximum Gasteiger partial charge on any atom is 0.354 e. The van der Waals surface area contributed by atoms with Crippen molar-refractivity contribution < 1.29 is 57.1 Å². The van der Waals surface area contributed by atoms with Gasteiger partial charge >= 0.3 is 15.2 Å². The predicted octanol–water partition coefficient (Wildman–Crippen LogP) is -2.34. The monoisotopic (exact) mass is 674 g/mol. The molecule has 7 rings (SSSR count). The first-order chi connectivity index (χ1) is 21.3. The standard InChI is InChI=1S/C20H24N10O13P2/c21-6-1-2-23-13-7(6)24-3-29(13)16-9(31)12-19(40-16)39-5-44(34,35)42-11-10(32)18(38-4-45(36,37)43-12)41-17(11)30-14-8(27-28-30)15(33)26-20(22)25-14/h1-3,9-12,16-19,31-32H,4-5H2,(H2,21,23)(H,34,35)(H,36,37)(H3,22,25,26,33)/t9?,10-,11?,12-,16-,17-,18+,19+/m1/s1. The molecule has 7 heterocycles. The molecule has 10 atom stereocenters. The van der Waals surface area contributed by atoms with Crippen LogP contribution in [0.1, 0.15) is 12.5 Å². The van der Waals surface area contributed by atoms with Gasteiger partial charge in [-0.25, -0.2) is 9.97 Å². The number of aliphatic hydroxyl groups is 2. The molecule has 0 amide bonds. The number of aliphatic hydroxyl groups excluding tert-OH is 2. The van der Waals surface area contributed by atoms with Crippen molar-refractivity contribution in [1.29, 1.82) is 0 Å². The van der Waals surface area contributed by atoms with Gasteiger partial charge in [0, 0.05) is 6.20 Å². The number of H-pyrrole nitrogens is 1. The van der Waals surface area contributed by atoms with Crippen molar-refractivity contribution in [2.45, 2.75) is 49.5 Å². The molecule has 0 aromatic carbocycles. The second-order valence-corrected chi connectivity index (χ2v) is 13.6. The van der Waals surface area contributed by atoms with Crippen LogP contribution >= 0.6 is 15.2 Å². The normalized spacial score (nSPS) is 37.7. The smallest absolute Gasteiger partial charge is 0.354 e. The second-order valence-electron chi connectivity index (χ2n) is 10.2. The summed E-state index contributed by atoms with van der Waals surface area (Å²) in [6.45, 7) is 0. The number of imidazole rings is 1. The highest BCUT2D eigenvalue weighted by atomic mass is 31.2. The molecule has 0 radical (unpaired) electrons. The van der Waals surface area contributed by atoms with E-state index in [1.54, 1.807) is 0 Å². The third-order valence-corrected chi connectivity index (χ3v) is 9.17. The van der Waals surface area contributed by atoms with E-state index in [1.807, 2.05) is 0 Å². The molecular formula is C20H24N10O13P2. The maximum absolute atomic E-state index is 13.3.